The van der Waals surface area contributed by atoms with E-state index in [0.717, 1.165) is 11.4 Å². The first-order chi connectivity index (χ1) is 8.63. The highest BCUT2D eigenvalue weighted by Crippen LogP contribution is 2.42. The standard InChI is InChI=1S/C13H15NO4/c1-7-10-11(13(16)18-7)14(12(10)15)8-3-5-9(17-2)6-4-8/h3-7,10-11,13,16H,1-2H3/t7-,10+,11+,13+/m0/s1. The van der Waals surface area contributed by atoms with Gasteiger partial charge in [0.05, 0.1) is 19.1 Å². The smallest absolute Gasteiger partial charge is 0.235 e. The molecule has 3 rings (SSSR count). The van der Waals surface area contributed by atoms with Crippen molar-refractivity contribution in [1.82, 2.24) is 0 Å². The molecule has 1 aromatic carbocycles. The van der Waals surface area contributed by atoms with Gasteiger partial charge in [0.15, 0.2) is 6.29 Å². The molecule has 2 fully saturated rings. The third kappa shape index (κ3) is 1.44. The second kappa shape index (κ2) is 3.96. The van der Waals surface area contributed by atoms with E-state index in [4.69, 9.17) is 9.47 Å². The summed E-state index contributed by atoms with van der Waals surface area (Å²) in [6.45, 7) is 1.82. The van der Waals surface area contributed by atoms with Crippen molar-refractivity contribution in [1.29, 1.82) is 0 Å². The van der Waals surface area contributed by atoms with Gasteiger partial charge < -0.3 is 19.5 Å². The Hall–Kier alpha value is -1.59. The maximum absolute atomic E-state index is 12.1. The molecule has 96 valence electrons. The fourth-order valence-corrected chi connectivity index (χ4v) is 2.74. The van der Waals surface area contributed by atoms with Gasteiger partial charge in [0, 0.05) is 5.69 Å². The zero-order valence-corrected chi connectivity index (χ0v) is 10.2. The highest BCUT2D eigenvalue weighted by molar-refractivity contribution is 6.03. The number of amides is 1. The van der Waals surface area contributed by atoms with Gasteiger partial charge in [-0.05, 0) is 31.2 Å². The van der Waals surface area contributed by atoms with Gasteiger partial charge >= 0.3 is 0 Å². The molecule has 2 heterocycles. The molecule has 0 spiro atoms. The number of anilines is 1. The molecule has 2 aliphatic heterocycles. The highest BCUT2D eigenvalue weighted by Gasteiger charge is 2.59. The number of β-lactam (4-membered cyclic amide) rings is 1. The summed E-state index contributed by atoms with van der Waals surface area (Å²) in [5, 5.41) is 9.80. The van der Waals surface area contributed by atoms with Crippen molar-refractivity contribution in [2.45, 2.75) is 25.4 Å². The van der Waals surface area contributed by atoms with E-state index in [0.29, 0.717) is 0 Å². The normalized spacial score (nSPS) is 34.2. The fourth-order valence-electron chi connectivity index (χ4n) is 2.74. The van der Waals surface area contributed by atoms with E-state index >= 15 is 0 Å². The average Bonchev–Trinajstić information content (AvgIpc) is 2.61. The van der Waals surface area contributed by atoms with Crippen molar-refractivity contribution in [2.75, 3.05) is 12.0 Å². The van der Waals surface area contributed by atoms with Gasteiger partial charge in [0.25, 0.3) is 0 Å². The second-order valence-electron chi connectivity index (χ2n) is 4.65. The van der Waals surface area contributed by atoms with Crippen LogP contribution in [-0.4, -0.2) is 36.6 Å². The van der Waals surface area contributed by atoms with Crippen LogP contribution in [0.2, 0.25) is 0 Å². The number of hydrogen-bond donors (Lipinski definition) is 1. The molecule has 0 aliphatic carbocycles. The Morgan fingerprint density at radius 3 is 2.61 bits per heavy atom. The number of aliphatic hydroxyl groups excluding tert-OH is 1. The molecule has 2 saturated heterocycles. The first-order valence-electron chi connectivity index (χ1n) is 5.94. The van der Waals surface area contributed by atoms with Gasteiger partial charge in [-0.15, -0.1) is 0 Å². The molecule has 0 unspecified atom stereocenters. The molecule has 2 aliphatic rings. The van der Waals surface area contributed by atoms with Crippen molar-refractivity contribution in [3.8, 4) is 5.75 Å². The highest BCUT2D eigenvalue weighted by atomic mass is 16.6. The number of methoxy groups -OCH3 is 1. The molecule has 0 saturated carbocycles. The molecule has 5 nitrogen and oxygen atoms in total. The van der Waals surface area contributed by atoms with Crippen LogP contribution in [0, 0.1) is 5.92 Å². The Labute approximate surface area is 105 Å². The summed E-state index contributed by atoms with van der Waals surface area (Å²) in [5.41, 5.74) is 0.763. The largest absolute Gasteiger partial charge is 0.497 e. The average molecular weight is 249 g/mol. The molecule has 4 atom stereocenters. The third-order valence-electron chi connectivity index (χ3n) is 3.69. The van der Waals surface area contributed by atoms with Crippen molar-refractivity contribution in [3.05, 3.63) is 24.3 Å². The van der Waals surface area contributed by atoms with E-state index in [1.165, 1.54) is 0 Å². The summed E-state index contributed by atoms with van der Waals surface area (Å²) in [6.07, 6.45) is -1.11. The fraction of sp³-hybridized carbons (Fsp3) is 0.462. The number of carbonyl (C=O) groups excluding carboxylic acids is 1. The minimum absolute atomic E-state index is 0.00853. The molecule has 5 heteroatoms. The van der Waals surface area contributed by atoms with E-state index in [1.807, 2.05) is 19.1 Å². The summed E-state index contributed by atoms with van der Waals surface area (Å²) in [5.74, 6) is 0.524. The lowest BCUT2D eigenvalue weighted by atomic mass is 9.85. The van der Waals surface area contributed by atoms with Crippen LogP contribution >= 0.6 is 0 Å². The number of fused-ring (bicyclic) bond motifs is 1. The second-order valence-corrected chi connectivity index (χ2v) is 4.65. The maximum atomic E-state index is 12.1. The SMILES string of the molecule is COc1ccc(N2C(=O)[C@H]3[C@@H]2[C@H](O)O[C@H]3C)cc1. The van der Waals surface area contributed by atoms with Crippen LogP contribution in [0.5, 0.6) is 5.75 Å². The van der Waals surface area contributed by atoms with E-state index in [9.17, 15) is 9.90 Å². The number of carbonyl (C=O) groups is 1. The van der Waals surface area contributed by atoms with Crippen molar-refractivity contribution >= 4 is 11.6 Å². The zero-order chi connectivity index (χ0) is 12.9. The van der Waals surface area contributed by atoms with Gasteiger partial charge in [0.1, 0.15) is 11.8 Å². The Balaban J connectivity index is 1.87. The number of rotatable bonds is 2. The van der Waals surface area contributed by atoms with Crippen LogP contribution in [0.4, 0.5) is 5.69 Å². The minimum atomic E-state index is -0.898. The third-order valence-corrected chi connectivity index (χ3v) is 3.69. The molecule has 0 bridgehead atoms. The first-order valence-corrected chi connectivity index (χ1v) is 5.94. The van der Waals surface area contributed by atoms with E-state index < -0.39 is 6.29 Å². The van der Waals surface area contributed by atoms with Crippen LogP contribution in [0.15, 0.2) is 24.3 Å². The predicted molar refractivity (Wildman–Crippen MR) is 64.3 cm³/mol. The first kappa shape index (κ1) is 11.5. The number of nitrogens with zero attached hydrogens (tertiary/aromatic N) is 1. The van der Waals surface area contributed by atoms with Crippen LogP contribution < -0.4 is 9.64 Å². The summed E-state index contributed by atoms with van der Waals surface area (Å²) in [6, 6.07) is 6.94. The van der Waals surface area contributed by atoms with Gasteiger partial charge in [-0.1, -0.05) is 0 Å². The number of benzene rings is 1. The van der Waals surface area contributed by atoms with Crippen molar-refractivity contribution in [2.24, 2.45) is 5.92 Å². The molecule has 0 radical (unpaired) electrons. The monoisotopic (exact) mass is 249 g/mol. The number of aliphatic hydroxyl groups is 1. The lowest BCUT2D eigenvalue weighted by Crippen LogP contribution is -2.64. The molecule has 18 heavy (non-hydrogen) atoms. The number of ether oxygens (including phenoxy) is 2. The quantitative estimate of drug-likeness (QED) is 0.786. The van der Waals surface area contributed by atoms with E-state index in [2.05, 4.69) is 0 Å². The zero-order valence-electron chi connectivity index (χ0n) is 10.2. The van der Waals surface area contributed by atoms with E-state index in [-0.39, 0.29) is 24.0 Å². The van der Waals surface area contributed by atoms with Gasteiger partial charge in [-0.3, -0.25) is 4.79 Å². The Morgan fingerprint density at radius 2 is 2.00 bits per heavy atom. The molecular weight excluding hydrogens is 234 g/mol. The van der Waals surface area contributed by atoms with Crippen molar-refractivity contribution < 1.29 is 19.4 Å². The number of hydrogen-bond acceptors (Lipinski definition) is 4. The van der Waals surface area contributed by atoms with Crippen LogP contribution in [0.25, 0.3) is 0 Å². The molecule has 1 amide bonds. The van der Waals surface area contributed by atoms with Crippen molar-refractivity contribution in [3.63, 3.8) is 0 Å². The van der Waals surface area contributed by atoms with Gasteiger partial charge in [0.2, 0.25) is 5.91 Å². The summed E-state index contributed by atoms with van der Waals surface area (Å²) >= 11 is 0. The Bertz CT molecular complexity index is 472. The molecular formula is C13H15NO4. The minimum Gasteiger partial charge on any atom is -0.497 e. The topological polar surface area (TPSA) is 59.0 Å². The molecule has 1 aromatic rings. The summed E-state index contributed by atoms with van der Waals surface area (Å²) < 4.78 is 10.4. The lowest BCUT2D eigenvalue weighted by Gasteiger charge is -2.44. The molecule has 1 N–H and O–H groups in total. The summed E-state index contributed by atoms with van der Waals surface area (Å²) in [7, 11) is 1.59. The van der Waals surface area contributed by atoms with Gasteiger partial charge in [-0.25, -0.2) is 0 Å². The van der Waals surface area contributed by atoms with Crippen LogP contribution in [0.3, 0.4) is 0 Å². The van der Waals surface area contributed by atoms with Crippen LogP contribution in [0.1, 0.15) is 6.92 Å². The predicted octanol–water partition coefficient (Wildman–Crippen LogP) is 0.764. The molecule has 0 aromatic heterocycles. The van der Waals surface area contributed by atoms with Crippen LogP contribution in [-0.2, 0) is 9.53 Å². The van der Waals surface area contributed by atoms with E-state index in [1.54, 1.807) is 24.1 Å². The Morgan fingerprint density at radius 1 is 1.33 bits per heavy atom. The summed E-state index contributed by atoms with van der Waals surface area (Å²) in [4.78, 5) is 13.7. The lowest BCUT2D eigenvalue weighted by molar-refractivity contribution is -0.131. The maximum Gasteiger partial charge on any atom is 0.235 e. The Kier molecular flexibility index (Phi) is 2.53. The van der Waals surface area contributed by atoms with Gasteiger partial charge in [-0.2, -0.15) is 0 Å².